The predicted octanol–water partition coefficient (Wildman–Crippen LogP) is 5.64. The minimum absolute atomic E-state index is 0.290. The highest BCUT2D eigenvalue weighted by Gasteiger charge is 2.50. The van der Waals surface area contributed by atoms with Gasteiger partial charge < -0.3 is 14.6 Å². The van der Waals surface area contributed by atoms with Crippen LogP contribution in [0.25, 0.3) is 16.5 Å². The van der Waals surface area contributed by atoms with Crippen LogP contribution in [0.4, 0.5) is 5.69 Å². The average Bonchev–Trinajstić information content (AvgIpc) is 3.52. The van der Waals surface area contributed by atoms with E-state index < -0.39 is 11.5 Å². The van der Waals surface area contributed by atoms with Crippen molar-refractivity contribution in [1.82, 2.24) is 4.57 Å². The molecule has 4 aromatic carbocycles. The molecule has 36 heavy (non-hydrogen) atoms. The molecule has 0 saturated heterocycles. The number of hydrogen-bond donors (Lipinski definition) is 1. The van der Waals surface area contributed by atoms with Gasteiger partial charge in [-0.2, -0.15) is 0 Å². The number of carbonyl (C=O) groups is 2. The molecule has 6 rings (SSSR count). The van der Waals surface area contributed by atoms with Crippen molar-refractivity contribution >= 4 is 28.2 Å². The lowest BCUT2D eigenvalue weighted by Gasteiger charge is -2.23. The van der Waals surface area contributed by atoms with Crippen LogP contribution in [-0.4, -0.2) is 21.4 Å². The molecule has 1 amide bonds. The second-order valence-corrected chi connectivity index (χ2v) is 9.15. The van der Waals surface area contributed by atoms with Gasteiger partial charge in [-0.15, -0.1) is 0 Å². The normalized spacial score (nSPS) is 16.9. The van der Waals surface area contributed by atoms with Crippen molar-refractivity contribution in [3.05, 3.63) is 132 Å². The number of fused-ring (bicyclic) bond motifs is 2. The minimum atomic E-state index is -1.93. The van der Waals surface area contributed by atoms with E-state index in [1.54, 1.807) is 29.2 Å². The number of hydrogen-bond acceptors (Lipinski definition) is 3. The van der Waals surface area contributed by atoms with Crippen molar-refractivity contribution in [3.63, 3.8) is 0 Å². The predicted molar refractivity (Wildman–Crippen MR) is 140 cm³/mol. The number of aromatic nitrogens is 1. The van der Waals surface area contributed by atoms with E-state index in [9.17, 15) is 14.7 Å². The molecule has 0 spiro atoms. The van der Waals surface area contributed by atoms with Crippen LogP contribution in [0.15, 0.2) is 116 Å². The zero-order chi connectivity index (χ0) is 24.7. The van der Waals surface area contributed by atoms with Gasteiger partial charge in [0.15, 0.2) is 11.4 Å². The van der Waals surface area contributed by atoms with Crippen LogP contribution in [0.2, 0.25) is 0 Å². The molecule has 0 unspecified atom stereocenters. The number of anilines is 1. The fourth-order valence-corrected chi connectivity index (χ4v) is 5.12. The highest BCUT2D eigenvalue weighted by Crippen LogP contribution is 2.44. The van der Waals surface area contributed by atoms with Gasteiger partial charge in [0.25, 0.3) is 5.91 Å². The Balaban J connectivity index is 1.34. The largest absolute Gasteiger partial charge is 0.375 e. The first-order valence-corrected chi connectivity index (χ1v) is 11.9. The molecule has 1 aromatic heterocycles. The Morgan fingerprint density at radius 2 is 1.53 bits per heavy atom. The van der Waals surface area contributed by atoms with Gasteiger partial charge in [0.1, 0.15) is 0 Å². The third kappa shape index (κ3) is 3.61. The van der Waals surface area contributed by atoms with E-state index in [-0.39, 0.29) is 12.2 Å². The summed E-state index contributed by atoms with van der Waals surface area (Å²) in [6, 6.07) is 32.3. The van der Waals surface area contributed by atoms with Crippen molar-refractivity contribution in [2.45, 2.75) is 18.6 Å². The third-order valence-electron chi connectivity index (χ3n) is 6.93. The van der Waals surface area contributed by atoms with Crippen LogP contribution in [0, 0.1) is 0 Å². The second-order valence-electron chi connectivity index (χ2n) is 9.15. The Bertz CT molecular complexity index is 1600. The Hall–Kier alpha value is -4.48. The standard InChI is InChI=1S/C31H24N2O3/c34-29(23-11-8-13-25(19-23)32-17-5-6-18-32)20-31(36)27-15-3-4-16-28(27)33(30(31)35)21-24-12-7-10-22-9-1-2-14-26(22)24/h1-19,36H,20-21H2/t31-/m1/s1. The maximum absolute atomic E-state index is 13.8. The molecule has 0 fully saturated rings. The molecule has 1 aliphatic rings. The molecule has 5 aromatic rings. The summed E-state index contributed by atoms with van der Waals surface area (Å²) in [5, 5.41) is 13.9. The van der Waals surface area contributed by atoms with Crippen LogP contribution >= 0.6 is 0 Å². The first-order chi connectivity index (χ1) is 17.5. The summed E-state index contributed by atoms with van der Waals surface area (Å²) in [6.07, 6.45) is 3.47. The molecule has 0 bridgehead atoms. The average molecular weight is 473 g/mol. The lowest BCUT2D eigenvalue weighted by molar-refractivity contribution is -0.136. The molecular formula is C31H24N2O3. The monoisotopic (exact) mass is 472 g/mol. The highest BCUT2D eigenvalue weighted by molar-refractivity contribution is 6.11. The number of ketones is 1. The number of Topliss-reactive ketones (excluding diaryl/α,β-unsaturated/α-hetero) is 1. The highest BCUT2D eigenvalue weighted by atomic mass is 16.3. The zero-order valence-corrected chi connectivity index (χ0v) is 19.5. The molecule has 176 valence electrons. The summed E-state index contributed by atoms with van der Waals surface area (Å²) >= 11 is 0. The van der Waals surface area contributed by atoms with Crippen LogP contribution in [0.3, 0.4) is 0 Å². The first-order valence-electron chi connectivity index (χ1n) is 11.9. The minimum Gasteiger partial charge on any atom is -0.375 e. The van der Waals surface area contributed by atoms with Crippen LogP contribution < -0.4 is 4.90 Å². The maximum Gasteiger partial charge on any atom is 0.264 e. The van der Waals surface area contributed by atoms with Gasteiger partial charge in [-0.05, 0) is 46.7 Å². The Kier molecular flexibility index (Phi) is 5.28. The zero-order valence-electron chi connectivity index (χ0n) is 19.5. The summed E-state index contributed by atoms with van der Waals surface area (Å²) in [7, 11) is 0. The van der Waals surface area contributed by atoms with Crippen molar-refractivity contribution in [1.29, 1.82) is 0 Å². The topological polar surface area (TPSA) is 62.5 Å². The lowest BCUT2D eigenvalue weighted by atomic mass is 9.88. The fourth-order valence-electron chi connectivity index (χ4n) is 5.12. The van der Waals surface area contributed by atoms with E-state index in [4.69, 9.17) is 0 Å². The molecule has 2 heterocycles. The molecule has 0 aliphatic carbocycles. The van der Waals surface area contributed by atoms with E-state index in [1.165, 1.54) is 0 Å². The number of rotatable bonds is 6. The first kappa shape index (κ1) is 22.0. The molecule has 1 N–H and O–H groups in total. The molecule has 1 aliphatic heterocycles. The van der Waals surface area contributed by atoms with Crippen LogP contribution in [-0.2, 0) is 16.9 Å². The van der Waals surface area contributed by atoms with E-state index in [1.807, 2.05) is 95.8 Å². The SMILES string of the molecule is O=C(C[C@]1(O)C(=O)N(Cc2cccc3ccccc23)c2ccccc21)c1cccc(-n2cccc2)c1. The van der Waals surface area contributed by atoms with Crippen molar-refractivity contribution in [2.75, 3.05) is 4.90 Å². The summed E-state index contributed by atoms with van der Waals surface area (Å²) < 4.78 is 1.91. The Morgan fingerprint density at radius 1 is 0.806 bits per heavy atom. The second kappa shape index (κ2) is 8.63. The van der Waals surface area contributed by atoms with E-state index in [2.05, 4.69) is 0 Å². The fraction of sp³-hybridized carbons (Fsp3) is 0.0968. The van der Waals surface area contributed by atoms with Gasteiger partial charge in [-0.25, -0.2) is 0 Å². The van der Waals surface area contributed by atoms with Crippen molar-refractivity contribution in [3.8, 4) is 5.69 Å². The lowest BCUT2D eigenvalue weighted by Crippen LogP contribution is -2.41. The molecule has 0 radical (unpaired) electrons. The number of benzene rings is 4. The van der Waals surface area contributed by atoms with Gasteiger partial charge in [0.2, 0.25) is 0 Å². The summed E-state index contributed by atoms with van der Waals surface area (Å²) in [5.41, 5.74) is 1.44. The van der Waals surface area contributed by atoms with Gasteiger partial charge in [-0.3, -0.25) is 9.59 Å². The summed E-state index contributed by atoms with van der Waals surface area (Å²) in [5.74, 6) is -0.770. The van der Waals surface area contributed by atoms with Crippen LogP contribution in [0.5, 0.6) is 0 Å². The summed E-state index contributed by atoms with van der Waals surface area (Å²) in [4.78, 5) is 28.7. The maximum atomic E-state index is 13.8. The van der Waals surface area contributed by atoms with Gasteiger partial charge in [0.05, 0.1) is 18.7 Å². The number of para-hydroxylation sites is 1. The summed E-state index contributed by atoms with van der Waals surface area (Å²) in [6.45, 7) is 0.302. The smallest absolute Gasteiger partial charge is 0.264 e. The molecule has 0 saturated carbocycles. The number of carbonyl (C=O) groups excluding carboxylic acids is 2. The van der Waals surface area contributed by atoms with E-state index in [0.29, 0.717) is 23.4 Å². The van der Waals surface area contributed by atoms with Crippen LogP contribution in [0.1, 0.15) is 27.9 Å². The third-order valence-corrected chi connectivity index (χ3v) is 6.93. The van der Waals surface area contributed by atoms with Gasteiger partial charge >= 0.3 is 0 Å². The number of aliphatic hydroxyl groups is 1. The van der Waals surface area contributed by atoms with Crippen molar-refractivity contribution in [2.24, 2.45) is 0 Å². The van der Waals surface area contributed by atoms with Gasteiger partial charge in [0, 0.05) is 29.2 Å². The Labute approximate surface area is 208 Å². The quantitative estimate of drug-likeness (QED) is 0.326. The number of nitrogens with zero attached hydrogens (tertiary/aromatic N) is 2. The molecule has 5 heteroatoms. The molecule has 1 atom stereocenters. The van der Waals surface area contributed by atoms with E-state index in [0.717, 1.165) is 22.0 Å². The molecule has 5 nitrogen and oxygen atoms in total. The molecular weight excluding hydrogens is 448 g/mol. The van der Waals surface area contributed by atoms with Crippen molar-refractivity contribution < 1.29 is 14.7 Å². The number of amides is 1. The Morgan fingerprint density at radius 3 is 2.39 bits per heavy atom. The van der Waals surface area contributed by atoms with E-state index >= 15 is 0 Å². The van der Waals surface area contributed by atoms with Gasteiger partial charge in [-0.1, -0.05) is 72.8 Å².